The van der Waals surface area contributed by atoms with Gasteiger partial charge in [0.1, 0.15) is 6.23 Å². The van der Waals surface area contributed by atoms with Gasteiger partial charge in [0, 0.05) is 0 Å². The summed E-state index contributed by atoms with van der Waals surface area (Å²) >= 11 is 0. The number of hydrogen-bond donors (Lipinski definition) is 1. The molecule has 2 atom stereocenters. The van der Waals surface area contributed by atoms with Crippen LogP contribution in [-0.4, -0.2) is 12.8 Å². The monoisotopic (exact) mass is 293 g/mol. The minimum absolute atomic E-state index is 0.405. The molecule has 0 rings (SSSR count). The van der Waals surface area contributed by atoms with E-state index in [1.54, 1.807) is 6.92 Å². The highest BCUT2D eigenvalue weighted by molar-refractivity contribution is 7.33. The third-order valence-corrected chi connectivity index (χ3v) is 4.12. The summed E-state index contributed by atoms with van der Waals surface area (Å²) in [4.78, 5) is 0. The van der Waals surface area contributed by atoms with Crippen LogP contribution < -0.4 is 5.73 Å². The lowest BCUT2D eigenvalue weighted by Gasteiger charge is -2.12. The molecule has 0 fully saturated rings. The van der Waals surface area contributed by atoms with Crippen molar-refractivity contribution in [2.75, 3.05) is 6.61 Å². The number of rotatable bonds is 14. The van der Waals surface area contributed by atoms with Crippen molar-refractivity contribution in [1.29, 1.82) is 0 Å². The van der Waals surface area contributed by atoms with Crippen molar-refractivity contribution in [3.8, 4) is 0 Å². The zero-order valence-corrected chi connectivity index (χ0v) is 13.7. The van der Waals surface area contributed by atoms with Crippen molar-refractivity contribution >= 4 is 8.25 Å². The Hall–Kier alpha value is 0.110. The maximum atomic E-state index is 11.2. The average Bonchev–Trinajstić information content (AvgIpc) is 2.37. The molecular weight excluding hydrogens is 261 g/mol. The van der Waals surface area contributed by atoms with Gasteiger partial charge < -0.3 is 10.3 Å². The van der Waals surface area contributed by atoms with Crippen molar-refractivity contribution in [3.05, 3.63) is 0 Å². The Balaban J connectivity index is 3.22. The Morgan fingerprint density at radius 1 is 0.947 bits per heavy atom. The topological polar surface area (TPSA) is 61.5 Å². The zero-order valence-electron chi connectivity index (χ0n) is 12.7. The van der Waals surface area contributed by atoms with Gasteiger partial charge in [-0.15, -0.1) is 0 Å². The first-order valence-corrected chi connectivity index (χ1v) is 9.02. The second-order valence-corrected chi connectivity index (χ2v) is 5.98. The summed E-state index contributed by atoms with van der Waals surface area (Å²) in [5.41, 5.74) is 5.72. The molecule has 0 aromatic heterocycles. The smallest absolute Gasteiger partial charge is 0.311 e. The molecule has 0 bridgehead atoms. The molecule has 0 aliphatic carbocycles. The average molecular weight is 293 g/mol. The normalized spacial score (nSPS) is 14.5. The maximum absolute atomic E-state index is 11.2. The maximum Gasteiger partial charge on any atom is 0.320 e. The highest BCUT2D eigenvalue weighted by Gasteiger charge is 2.07. The largest absolute Gasteiger partial charge is 0.320 e. The second kappa shape index (κ2) is 14.5. The minimum atomic E-state index is -2.37. The van der Waals surface area contributed by atoms with Crippen LogP contribution in [-0.2, 0) is 13.6 Å². The van der Waals surface area contributed by atoms with Gasteiger partial charge >= 0.3 is 8.25 Å². The Bertz CT molecular complexity index is 215. The Kier molecular flexibility index (Phi) is 14.6. The van der Waals surface area contributed by atoms with E-state index in [1.165, 1.54) is 51.4 Å². The summed E-state index contributed by atoms with van der Waals surface area (Å²) in [5.74, 6) is 0. The van der Waals surface area contributed by atoms with E-state index in [4.69, 9.17) is 14.8 Å². The molecule has 0 saturated heterocycles. The van der Waals surface area contributed by atoms with Crippen LogP contribution >= 0.6 is 8.25 Å². The fraction of sp³-hybridized carbons (Fsp3) is 1.00. The van der Waals surface area contributed by atoms with Crippen molar-refractivity contribution in [2.45, 2.75) is 84.3 Å². The standard InChI is InChI=1S/C14H32NO3P/c1-3-5-6-7-8-9-10-11-12-13-14(15)18-19(16)17-4-2/h14,19H,3-13,15H2,1-2H3. The molecule has 5 heteroatoms. The van der Waals surface area contributed by atoms with E-state index < -0.39 is 14.5 Å². The van der Waals surface area contributed by atoms with Gasteiger partial charge in [-0.1, -0.05) is 58.3 Å². The van der Waals surface area contributed by atoms with Gasteiger partial charge in [-0.05, 0) is 19.8 Å². The molecule has 0 aliphatic rings. The fourth-order valence-electron chi connectivity index (χ4n) is 1.99. The molecule has 0 heterocycles. The Morgan fingerprint density at radius 3 is 2.00 bits per heavy atom. The number of unbranched alkanes of at least 4 members (excludes halogenated alkanes) is 8. The molecule has 0 aliphatic heterocycles. The van der Waals surface area contributed by atoms with Gasteiger partial charge in [0.15, 0.2) is 0 Å². The van der Waals surface area contributed by atoms with Crippen LogP contribution in [0.5, 0.6) is 0 Å². The molecule has 0 radical (unpaired) electrons. The van der Waals surface area contributed by atoms with Gasteiger partial charge in [0.25, 0.3) is 0 Å². The van der Waals surface area contributed by atoms with Crippen molar-refractivity contribution in [3.63, 3.8) is 0 Å². The summed E-state index contributed by atoms with van der Waals surface area (Å²) in [6.45, 7) is 4.44. The summed E-state index contributed by atoms with van der Waals surface area (Å²) in [6.07, 6.45) is 11.9. The fourth-order valence-corrected chi connectivity index (χ4v) is 2.66. The first-order valence-electron chi connectivity index (χ1n) is 7.79. The van der Waals surface area contributed by atoms with Gasteiger partial charge in [0.2, 0.25) is 0 Å². The molecule has 0 amide bonds. The van der Waals surface area contributed by atoms with E-state index in [1.807, 2.05) is 0 Å². The third-order valence-electron chi connectivity index (χ3n) is 3.10. The lowest BCUT2D eigenvalue weighted by Crippen LogP contribution is -2.20. The predicted octanol–water partition coefficient (Wildman–Crippen LogP) is 4.63. The summed E-state index contributed by atoms with van der Waals surface area (Å²) in [6, 6.07) is 0. The molecule has 19 heavy (non-hydrogen) atoms. The van der Waals surface area contributed by atoms with E-state index in [-0.39, 0.29) is 0 Å². The van der Waals surface area contributed by atoms with E-state index in [0.29, 0.717) is 6.61 Å². The van der Waals surface area contributed by atoms with Crippen LogP contribution in [0.25, 0.3) is 0 Å². The van der Waals surface area contributed by atoms with E-state index >= 15 is 0 Å². The Morgan fingerprint density at radius 2 is 1.47 bits per heavy atom. The number of nitrogens with two attached hydrogens (primary N) is 1. The summed E-state index contributed by atoms with van der Waals surface area (Å²) < 4.78 is 21.1. The van der Waals surface area contributed by atoms with Gasteiger partial charge in [-0.2, -0.15) is 0 Å². The van der Waals surface area contributed by atoms with Crippen molar-refractivity contribution in [1.82, 2.24) is 0 Å². The SMILES string of the molecule is CCCCCCCCCCCC(N)O[PH](=O)OCC. The summed E-state index contributed by atoms with van der Waals surface area (Å²) in [7, 11) is -2.37. The molecule has 2 unspecified atom stereocenters. The van der Waals surface area contributed by atoms with E-state index in [9.17, 15) is 4.57 Å². The summed E-state index contributed by atoms with van der Waals surface area (Å²) in [5, 5.41) is 0. The van der Waals surface area contributed by atoms with E-state index in [2.05, 4.69) is 6.92 Å². The lowest BCUT2D eigenvalue weighted by atomic mass is 10.1. The molecule has 0 spiro atoms. The lowest BCUT2D eigenvalue weighted by molar-refractivity contribution is 0.161. The molecule has 2 N–H and O–H groups in total. The van der Waals surface area contributed by atoms with Gasteiger partial charge in [0.05, 0.1) is 6.61 Å². The van der Waals surface area contributed by atoms with Crippen LogP contribution in [0, 0.1) is 0 Å². The van der Waals surface area contributed by atoms with Crippen LogP contribution in [0.2, 0.25) is 0 Å². The second-order valence-electron chi connectivity index (χ2n) is 4.96. The molecule has 0 aromatic carbocycles. The highest BCUT2D eigenvalue weighted by atomic mass is 31.1. The van der Waals surface area contributed by atoms with Crippen molar-refractivity contribution in [2.24, 2.45) is 5.73 Å². The number of hydrogen-bond acceptors (Lipinski definition) is 4. The molecule has 4 nitrogen and oxygen atoms in total. The molecule has 116 valence electrons. The molecular formula is C14H32NO3P. The predicted molar refractivity (Wildman–Crippen MR) is 81.5 cm³/mol. The van der Waals surface area contributed by atoms with Crippen LogP contribution in [0.3, 0.4) is 0 Å². The van der Waals surface area contributed by atoms with Gasteiger partial charge in [-0.3, -0.25) is 9.09 Å². The van der Waals surface area contributed by atoms with Gasteiger partial charge in [-0.25, -0.2) is 0 Å². The first-order chi connectivity index (χ1) is 9.20. The molecule has 0 aromatic rings. The van der Waals surface area contributed by atoms with Crippen LogP contribution in [0.1, 0.15) is 78.1 Å². The quantitative estimate of drug-likeness (QED) is 0.288. The zero-order chi connectivity index (χ0) is 14.3. The third kappa shape index (κ3) is 14.3. The van der Waals surface area contributed by atoms with E-state index in [0.717, 1.165) is 12.8 Å². The highest BCUT2D eigenvalue weighted by Crippen LogP contribution is 2.25. The molecule has 0 saturated carbocycles. The van der Waals surface area contributed by atoms with Crippen LogP contribution in [0.4, 0.5) is 0 Å². The van der Waals surface area contributed by atoms with Crippen LogP contribution in [0.15, 0.2) is 0 Å². The Labute approximate surface area is 119 Å². The van der Waals surface area contributed by atoms with Crippen molar-refractivity contribution < 1.29 is 13.6 Å². The minimum Gasteiger partial charge on any atom is -0.311 e. The first kappa shape index (κ1) is 19.1.